The van der Waals surface area contributed by atoms with Gasteiger partial charge in [0, 0.05) is 18.8 Å². The maximum Gasteiger partial charge on any atom is 0.220 e. The minimum atomic E-state index is -3.17. The van der Waals surface area contributed by atoms with E-state index in [2.05, 4.69) is 4.98 Å². The van der Waals surface area contributed by atoms with Crippen molar-refractivity contribution in [3.8, 4) is 0 Å². The van der Waals surface area contributed by atoms with E-state index in [0.717, 1.165) is 5.56 Å². The quantitative estimate of drug-likeness (QED) is 0.721. The molecule has 0 atom stereocenters. The molecule has 2 heterocycles. The Bertz CT molecular complexity index is 468. The first-order valence-electron chi connectivity index (χ1n) is 4.93. The normalized spacial score (nSPS) is 20.2. The Balaban J connectivity index is 2.45. The molecule has 2 rings (SSSR count). The highest BCUT2D eigenvalue weighted by atomic mass is 32.2. The third kappa shape index (κ3) is 1.89. The predicted molar refractivity (Wildman–Crippen MR) is 57.5 cm³/mol. The van der Waals surface area contributed by atoms with Crippen LogP contribution in [0.25, 0.3) is 0 Å². The molecule has 0 N–H and O–H groups in total. The van der Waals surface area contributed by atoms with Gasteiger partial charge in [0.1, 0.15) is 5.75 Å². The lowest BCUT2D eigenvalue weighted by molar-refractivity contribution is 0.339. The van der Waals surface area contributed by atoms with Gasteiger partial charge in [-0.25, -0.2) is 8.42 Å². The Morgan fingerprint density at radius 1 is 1.47 bits per heavy atom. The highest BCUT2D eigenvalue weighted by Crippen LogP contribution is 2.24. The van der Waals surface area contributed by atoms with Gasteiger partial charge >= 0.3 is 0 Å². The van der Waals surface area contributed by atoms with Gasteiger partial charge in [0.15, 0.2) is 0 Å². The molecule has 0 bridgehead atoms. The molecule has 0 saturated carbocycles. The fourth-order valence-electron chi connectivity index (χ4n) is 1.77. The van der Waals surface area contributed by atoms with Gasteiger partial charge in [-0.3, -0.25) is 4.98 Å². The average molecular weight is 226 g/mol. The molecule has 1 aromatic rings. The molecule has 1 aliphatic rings. The fraction of sp³-hybridized carbons (Fsp3) is 0.500. The molecule has 0 aliphatic carbocycles. The van der Waals surface area contributed by atoms with Crippen molar-refractivity contribution in [2.75, 3.05) is 0 Å². The molecule has 0 radical (unpaired) electrons. The molecule has 1 aliphatic heterocycles. The number of sulfonamides is 1. The van der Waals surface area contributed by atoms with E-state index < -0.39 is 10.0 Å². The van der Waals surface area contributed by atoms with Crippen molar-refractivity contribution in [2.45, 2.75) is 32.2 Å². The van der Waals surface area contributed by atoms with Crippen LogP contribution >= 0.6 is 0 Å². The lowest BCUT2D eigenvalue weighted by Crippen LogP contribution is -2.40. The zero-order chi connectivity index (χ0) is 11.1. The second-order valence-electron chi connectivity index (χ2n) is 4.00. The number of hydrogen-bond donors (Lipinski definition) is 0. The summed E-state index contributed by atoms with van der Waals surface area (Å²) in [6.45, 7) is 4.22. The smallest absolute Gasteiger partial charge is 0.220 e. The van der Waals surface area contributed by atoms with Gasteiger partial charge < -0.3 is 0 Å². The second-order valence-corrected chi connectivity index (χ2v) is 5.93. The standard InChI is InChI=1S/C10H14N2O2S/c1-8(2)12-6-9-4-3-5-11-10(9)7-15(12,13)14/h3-5,8H,6-7H2,1-2H3. The summed E-state index contributed by atoms with van der Waals surface area (Å²) in [5, 5.41) is 0. The largest absolute Gasteiger partial charge is 0.260 e. The molecule has 0 spiro atoms. The molecule has 0 fully saturated rings. The number of aromatic nitrogens is 1. The van der Waals surface area contributed by atoms with E-state index in [0.29, 0.717) is 12.2 Å². The molecular weight excluding hydrogens is 212 g/mol. The van der Waals surface area contributed by atoms with Gasteiger partial charge in [0.05, 0.1) is 5.69 Å². The molecule has 0 amide bonds. The van der Waals surface area contributed by atoms with Crippen LogP contribution in [0.2, 0.25) is 0 Å². The fourth-order valence-corrected chi connectivity index (χ4v) is 3.52. The lowest BCUT2D eigenvalue weighted by Gasteiger charge is -2.30. The molecule has 0 saturated heterocycles. The number of pyridine rings is 1. The first-order valence-corrected chi connectivity index (χ1v) is 6.54. The van der Waals surface area contributed by atoms with Crippen LogP contribution < -0.4 is 0 Å². The monoisotopic (exact) mass is 226 g/mol. The van der Waals surface area contributed by atoms with Crippen LogP contribution in [-0.2, 0) is 22.3 Å². The Morgan fingerprint density at radius 2 is 2.20 bits per heavy atom. The minimum absolute atomic E-state index is 0.00311. The van der Waals surface area contributed by atoms with Crippen LogP contribution in [-0.4, -0.2) is 23.7 Å². The van der Waals surface area contributed by atoms with E-state index in [1.54, 1.807) is 6.20 Å². The van der Waals surface area contributed by atoms with Crippen LogP contribution in [0.15, 0.2) is 18.3 Å². The van der Waals surface area contributed by atoms with Crippen molar-refractivity contribution in [3.05, 3.63) is 29.6 Å². The summed E-state index contributed by atoms with van der Waals surface area (Å²) >= 11 is 0. The molecule has 0 aromatic carbocycles. The summed E-state index contributed by atoms with van der Waals surface area (Å²) in [4.78, 5) is 4.10. The van der Waals surface area contributed by atoms with Gasteiger partial charge in [0.2, 0.25) is 10.0 Å². The van der Waals surface area contributed by atoms with Crippen LogP contribution in [0.5, 0.6) is 0 Å². The van der Waals surface area contributed by atoms with Gasteiger partial charge in [-0.05, 0) is 25.5 Å². The molecule has 4 nitrogen and oxygen atoms in total. The minimum Gasteiger partial charge on any atom is -0.260 e. The maximum atomic E-state index is 11.9. The SMILES string of the molecule is CC(C)N1Cc2cccnc2CS1(=O)=O. The van der Waals surface area contributed by atoms with Crippen molar-refractivity contribution in [1.29, 1.82) is 0 Å². The third-order valence-corrected chi connectivity index (χ3v) is 4.47. The summed E-state index contributed by atoms with van der Waals surface area (Å²) in [5.41, 5.74) is 1.70. The summed E-state index contributed by atoms with van der Waals surface area (Å²) in [6, 6.07) is 3.78. The van der Waals surface area contributed by atoms with E-state index in [4.69, 9.17) is 0 Å². The van der Waals surface area contributed by atoms with Crippen LogP contribution in [0.4, 0.5) is 0 Å². The predicted octanol–water partition coefficient (Wildman–Crippen LogP) is 1.14. The van der Waals surface area contributed by atoms with E-state index in [1.807, 2.05) is 26.0 Å². The number of hydrogen-bond acceptors (Lipinski definition) is 3. The Morgan fingerprint density at radius 3 is 2.87 bits per heavy atom. The Kier molecular flexibility index (Phi) is 2.52. The molecule has 1 aromatic heterocycles. The van der Waals surface area contributed by atoms with Crippen LogP contribution in [0.3, 0.4) is 0 Å². The first kappa shape index (κ1) is 10.6. The summed E-state index contributed by atoms with van der Waals surface area (Å²) in [5.74, 6) is 0.0291. The van der Waals surface area contributed by atoms with Gasteiger partial charge in [0.25, 0.3) is 0 Å². The number of rotatable bonds is 1. The second kappa shape index (κ2) is 3.57. The van der Waals surface area contributed by atoms with Crippen molar-refractivity contribution >= 4 is 10.0 Å². The molecule has 5 heteroatoms. The maximum absolute atomic E-state index is 11.9. The van der Waals surface area contributed by atoms with Crippen LogP contribution in [0.1, 0.15) is 25.1 Å². The molecule has 15 heavy (non-hydrogen) atoms. The summed E-state index contributed by atoms with van der Waals surface area (Å²) in [7, 11) is -3.17. The van der Waals surface area contributed by atoms with E-state index in [9.17, 15) is 8.42 Å². The lowest BCUT2D eigenvalue weighted by atomic mass is 10.2. The van der Waals surface area contributed by atoms with Crippen molar-refractivity contribution in [3.63, 3.8) is 0 Å². The molecule has 82 valence electrons. The van der Waals surface area contributed by atoms with E-state index >= 15 is 0 Å². The zero-order valence-corrected chi connectivity index (χ0v) is 9.66. The van der Waals surface area contributed by atoms with Crippen LogP contribution in [0, 0.1) is 0 Å². The van der Waals surface area contributed by atoms with E-state index in [1.165, 1.54) is 4.31 Å². The first-order chi connectivity index (χ1) is 7.00. The highest BCUT2D eigenvalue weighted by molar-refractivity contribution is 7.88. The molecule has 0 unspecified atom stereocenters. The number of nitrogens with zero attached hydrogens (tertiary/aromatic N) is 2. The Hall–Kier alpha value is -0.940. The third-order valence-electron chi connectivity index (χ3n) is 2.56. The summed E-state index contributed by atoms with van der Waals surface area (Å²) in [6.07, 6.45) is 1.64. The average Bonchev–Trinajstić information content (AvgIpc) is 2.14. The van der Waals surface area contributed by atoms with E-state index in [-0.39, 0.29) is 11.8 Å². The van der Waals surface area contributed by atoms with Crippen molar-refractivity contribution < 1.29 is 8.42 Å². The van der Waals surface area contributed by atoms with Gasteiger partial charge in [-0.2, -0.15) is 4.31 Å². The zero-order valence-electron chi connectivity index (χ0n) is 8.84. The highest BCUT2D eigenvalue weighted by Gasteiger charge is 2.31. The van der Waals surface area contributed by atoms with Crippen molar-refractivity contribution in [1.82, 2.24) is 9.29 Å². The number of fused-ring (bicyclic) bond motifs is 1. The molecular formula is C10H14N2O2S. The Labute approximate surface area is 90.0 Å². The van der Waals surface area contributed by atoms with Gasteiger partial charge in [-0.15, -0.1) is 0 Å². The van der Waals surface area contributed by atoms with Crippen molar-refractivity contribution in [2.24, 2.45) is 0 Å². The summed E-state index contributed by atoms with van der Waals surface area (Å²) < 4.78 is 25.3. The topological polar surface area (TPSA) is 50.3 Å². The van der Waals surface area contributed by atoms with Gasteiger partial charge in [-0.1, -0.05) is 6.07 Å².